The molecule has 0 saturated heterocycles. The number of rotatable bonds is 6. The van der Waals surface area contributed by atoms with Crippen LogP contribution in [-0.2, 0) is 6.61 Å². The topological polar surface area (TPSA) is 60.8 Å². The van der Waals surface area contributed by atoms with Gasteiger partial charge in [0.2, 0.25) is 5.88 Å². The zero-order valence-electron chi connectivity index (χ0n) is 12.4. The Morgan fingerprint density at radius 1 is 1.10 bits per heavy atom. The highest BCUT2D eigenvalue weighted by Crippen LogP contribution is 2.30. The minimum atomic E-state index is -0.548. The highest BCUT2D eigenvalue weighted by atomic mass is 16.5. The largest absolute Gasteiger partial charge is 0.493 e. The second-order valence-electron chi connectivity index (χ2n) is 4.55. The van der Waals surface area contributed by atoms with Crippen LogP contribution in [0.1, 0.15) is 24.3 Å². The lowest BCUT2D eigenvalue weighted by atomic mass is 10.1. The normalized spacial score (nSPS) is 11.8. The van der Waals surface area contributed by atoms with Crippen molar-refractivity contribution in [2.75, 3.05) is 14.2 Å². The summed E-state index contributed by atoms with van der Waals surface area (Å²) in [6.45, 7) is 2.01. The standard InChI is InChI=1S/C16H19NO4/c1-11(18)12-7-8-14(15(9-12)19-2)21-10-13-5-4-6-16(17-13)20-3/h4-9,11,18H,10H2,1-3H3. The minimum Gasteiger partial charge on any atom is -0.493 e. The molecule has 21 heavy (non-hydrogen) atoms. The number of aromatic nitrogens is 1. The van der Waals surface area contributed by atoms with Crippen LogP contribution in [0.15, 0.2) is 36.4 Å². The molecule has 1 heterocycles. The second-order valence-corrected chi connectivity index (χ2v) is 4.55. The van der Waals surface area contributed by atoms with Crippen LogP contribution in [-0.4, -0.2) is 24.3 Å². The Kier molecular flexibility index (Phi) is 5.00. The molecule has 0 saturated carbocycles. The van der Waals surface area contributed by atoms with E-state index in [0.29, 0.717) is 24.0 Å². The molecule has 0 spiro atoms. The van der Waals surface area contributed by atoms with E-state index < -0.39 is 6.10 Å². The number of methoxy groups -OCH3 is 2. The van der Waals surface area contributed by atoms with Crippen molar-refractivity contribution in [1.29, 1.82) is 0 Å². The summed E-state index contributed by atoms with van der Waals surface area (Å²) in [5.74, 6) is 1.73. The van der Waals surface area contributed by atoms with Crippen LogP contribution in [0.3, 0.4) is 0 Å². The molecule has 0 aliphatic rings. The number of hydrogen-bond donors (Lipinski definition) is 1. The van der Waals surface area contributed by atoms with Crippen LogP contribution in [0.25, 0.3) is 0 Å². The van der Waals surface area contributed by atoms with Gasteiger partial charge in [-0.15, -0.1) is 0 Å². The molecule has 2 aromatic rings. The van der Waals surface area contributed by atoms with Gasteiger partial charge in [0.1, 0.15) is 6.61 Å². The predicted molar refractivity (Wildman–Crippen MR) is 78.7 cm³/mol. The second kappa shape index (κ2) is 6.95. The number of aliphatic hydroxyl groups is 1. The Hall–Kier alpha value is -2.27. The fourth-order valence-electron chi connectivity index (χ4n) is 1.87. The first-order chi connectivity index (χ1) is 10.1. The van der Waals surface area contributed by atoms with Gasteiger partial charge in [-0.05, 0) is 30.7 Å². The van der Waals surface area contributed by atoms with Gasteiger partial charge < -0.3 is 19.3 Å². The van der Waals surface area contributed by atoms with E-state index in [1.807, 2.05) is 18.2 Å². The van der Waals surface area contributed by atoms with Crippen molar-refractivity contribution in [3.63, 3.8) is 0 Å². The summed E-state index contributed by atoms with van der Waals surface area (Å²) >= 11 is 0. The summed E-state index contributed by atoms with van der Waals surface area (Å²) in [7, 11) is 3.14. The van der Waals surface area contributed by atoms with Crippen molar-refractivity contribution < 1.29 is 19.3 Å². The summed E-state index contributed by atoms with van der Waals surface area (Å²) in [5, 5.41) is 9.58. The van der Waals surface area contributed by atoms with Crippen LogP contribution >= 0.6 is 0 Å². The zero-order chi connectivity index (χ0) is 15.2. The quantitative estimate of drug-likeness (QED) is 0.886. The monoisotopic (exact) mass is 289 g/mol. The molecule has 5 heteroatoms. The Bertz CT molecular complexity index is 599. The highest BCUT2D eigenvalue weighted by Gasteiger charge is 2.09. The molecule has 5 nitrogen and oxygen atoms in total. The highest BCUT2D eigenvalue weighted by molar-refractivity contribution is 5.43. The molecule has 0 fully saturated rings. The summed E-state index contributed by atoms with van der Waals surface area (Å²) in [6.07, 6.45) is -0.548. The third-order valence-corrected chi connectivity index (χ3v) is 3.04. The third-order valence-electron chi connectivity index (χ3n) is 3.04. The minimum absolute atomic E-state index is 0.307. The fourth-order valence-corrected chi connectivity index (χ4v) is 1.87. The maximum atomic E-state index is 9.58. The average molecular weight is 289 g/mol. The lowest BCUT2D eigenvalue weighted by molar-refractivity contribution is 0.198. The number of hydrogen-bond acceptors (Lipinski definition) is 5. The number of aliphatic hydroxyl groups excluding tert-OH is 1. The van der Waals surface area contributed by atoms with Crippen LogP contribution < -0.4 is 14.2 Å². The average Bonchev–Trinajstić information content (AvgIpc) is 2.52. The molecule has 0 amide bonds. The van der Waals surface area contributed by atoms with E-state index >= 15 is 0 Å². The molecule has 112 valence electrons. The van der Waals surface area contributed by atoms with Gasteiger partial charge >= 0.3 is 0 Å². The number of nitrogens with zero attached hydrogens (tertiary/aromatic N) is 1. The summed E-state index contributed by atoms with van der Waals surface area (Å²) in [6, 6.07) is 10.8. The number of benzene rings is 1. The van der Waals surface area contributed by atoms with E-state index in [4.69, 9.17) is 14.2 Å². The Labute approximate surface area is 124 Å². The van der Waals surface area contributed by atoms with Crippen LogP contribution in [0.5, 0.6) is 17.4 Å². The third kappa shape index (κ3) is 3.86. The van der Waals surface area contributed by atoms with Crippen molar-refractivity contribution in [3.8, 4) is 17.4 Å². The van der Waals surface area contributed by atoms with Crippen LogP contribution in [0, 0.1) is 0 Å². The molecule has 1 aromatic heterocycles. The Morgan fingerprint density at radius 3 is 2.57 bits per heavy atom. The molecular weight excluding hydrogens is 270 g/mol. The Morgan fingerprint density at radius 2 is 1.90 bits per heavy atom. The first-order valence-corrected chi connectivity index (χ1v) is 6.62. The smallest absolute Gasteiger partial charge is 0.213 e. The molecule has 0 radical (unpaired) electrons. The molecular formula is C16H19NO4. The molecule has 1 unspecified atom stereocenters. The molecule has 1 atom stereocenters. The fraction of sp³-hybridized carbons (Fsp3) is 0.312. The van der Waals surface area contributed by atoms with E-state index in [2.05, 4.69) is 4.98 Å². The van der Waals surface area contributed by atoms with Crippen molar-refractivity contribution in [1.82, 2.24) is 4.98 Å². The van der Waals surface area contributed by atoms with Gasteiger partial charge in [-0.3, -0.25) is 0 Å². The zero-order valence-corrected chi connectivity index (χ0v) is 12.4. The lowest BCUT2D eigenvalue weighted by Gasteiger charge is -2.13. The van der Waals surface area contributed by atoms with E-state index in [1.165, 1.54) is 0 Å². The van der Waals surface area contributed by atoms with E-state index in [9.17, 15) is 5.11 Å². The van der Waals surface area contributed by atoms with Gasteiger partial charge in [0.15, 0.2) is 11.5 Å². The number of pyridine rings is 1. The maximum Gasteiger partial charge on any atom is 0.213 e. The SMILES string of the molecule is COc1cccc(COc2ccc(C(C)O)cc2OC)n1. The first-order valence-electron chi connectivity index (χ1n) is 6.62. The predicted octanol–water partition coefficient (Wildman–Crippen LogP) is 2.73. The van der Waals surface area contributed by atoms with Gasteiger partial charge in [-0.1, -0.05) is 12.1 Å². The Balaban J connectivity index is 2.12. The summed E-state index contributed by atoms with van der Waals surface area (Å²) in [5.41, 5.74) is 1.54. The first kappa shape index (κ1) is 15.1. The van der Waals surface area contributed by atoms with E-state index in [1.54, 1.807) is 39.3 Å². The van der Waals surface area contributed by atoms with E-state index in [0.717, 1.165) is 11.3 Å². The van der Waals surface area contributed by atoms with Gasteiger partial charge in [-0.25, -0.2) is 4.98 Å². The molecule has 0 aliphatic heterocycles. The molecule has 2 rings (SSSR count). The lowest BCUT2D eigenvalue weighted by Crippen LogP contribution is -2.01. The summed E-state index contributed by atoms with van der Waals surface area (Å²) in [4.78, 5) is 4.28. The maximum absolute atomic E-state index is 9.58. The molecule has 0 aliphatic carbocycles. The van der Waals surface area contributed by atoms with Crippen LogP contribution in [0.2, 0.25) is 0 Å². The van der Waals surface area contributed by atoms with Crippen molar-refractivity contribution in [3.05, 3.63) is 47.7 Å². The molecule has 1 aromatic carbocycles. The van der Waals surface area contributed by atoms with Crippen molar-refractivity contribution in [2.24, 2.45) is 0 Å². The van der Waals surface area contributed by atoms with Crippen LogP contribution in [0.4, 0.5) is 0 Å². The van der Waals surface area contributed by atoms with Crippen molar-refractivity contribution in [2.45, 2.75) is 19.6 Å². The summed E-state index contributed by atoms with van der Waals surface area (Å²) < 4.78 is 16.1. The van der Waals surface area contributed by atoms with Gasteiger partial charge in [-0.2, -0.15) is 0 Å². The number of ether oxygens (including phenoxy) is 3. The molecule has 0 bridgehead atoms. The van der Waals surface area contributed by atoms with Gasteiger partial charge in [0.05, 0.1) is 26.0 Å². The van der Waals surface area contributed by atoms with Gasteiger partial charge in [0.25, 0.3) is 0 Å². The molecule has 1 N–H and O–H groups in total. The van der Waals surface area contributed by atoms with E-state index in [-0.39, 0.29) is 0 Å². The van der Waals surface area contributed by atoms with Crippen molar-refractivity contribution >= 4 is 0 Å². The van der Waals surface area contributed by atoms with Gasteiger partial charge in [0, 0.05) is 6.07 Å².